The maximum Gasteiger partial charge on any atom is 0.350 e. The number of methoxy groups -OCH3 is 2. The first-order chi connectivity index (χ1) is 14.8. The summed E-state index contributed by atoms with van der Waals surface area (Å²) in [6, 6.07) is 5.71. The van der Waals surface area contributed by atoms with E-state index < -0.39 is 24.5 Å². The third kappa shape index (κ3) is 4.57. The van der Waals surface area contributed by atoms with Crippen LogP contribution in [0.1, 0.15) is 41.0 Å². The molecule has 0 aliphatic rings. The van der Waals surface area contributed by atoms with Crippen molar-refractivity contribution in [1.29, 1.82) is 0 Å². The molecule has 0 bridgehead atoms. The molecule has 0 saturated heterocycles. The van der Waals surface area contributed by atoms with Crippen LogP contribution >= 0.6 is 22.7 Å². The van der Waals surface area contributed by atoms with Crippen molar-refractivity contribution in [1.82, 2.24) is 4.98 Å². The summed E-state index contributed by atoms with van der Waals surface area (Å²) in [5.41, 5.74) is 7.01. The van der Waals surface area contributed by atoms with Gasteiger partial charge in [0.2, 0.25) is 0 Å². The minimum absolute atomic E-state index is 0.0428. The van der Waals surface area contributed by atoms with E-state index in [0.717, 1.165) is 22.7 Å². The first-order valence-electron chi connectivity index (χ1n) is 8.75. The summed E-state index contributed by atoms with van der Waals surface area (Å²) in [6.45, 7) is 1.24. The van der Waals surface area contributed by atoms with Crippen molar-refractivity contribution in [3.8, 4) is 10.6 Å². The zero-order valence-electron chi connectivity index (χ0n) is 16.7. The lowest BCUT2D eigenvalue weighted by atomic mass is 10.1. The average molecular weight is 464 g/mol. The van der Waals surface area contributed by atoms with E-state index in [4.69, 9.17) is 19.9 Å². The molecule has 0 amide bonds. The number of thiazole rings is 1. The van der Waals surface area contributed by atoms with Crippen LogP contribution in [0.25, 0.3) is 10.6 Å². The van der Waals surface area contributed by atoms with E-state index >= 15 is 0 Å². The highest BCUT2D eigenvalue weighted by atomic mass is 32.1. The third-order valence-corrected chi connectivity index (χ3v) is 6.44. The molecule has 162 valence electrons. The van der Waals surface area contributed by atoms with Gasteiger partial charge in [0.05, 0.1) is 19.9 Å². The summed E-state index contributed by atoms with van der Waals surface area (Å²) in [5.74, 6) is -2.55. The van der Waals surface area contributed by atoms with Gasteiger partial charge in [-0.25, -0.2) is 23.8 Å². The fraction of sp³-hybridized carbons (Fsp3) is 0.200. The molecule has 2 heterocycles. The Balaban J connectivity index is 1.86. The van der Waals surface area contributed by atoms with Crippen LogP contribution in [0.5, 0.6) is 0 Å². The Morgan fingerprint density at radius 3 is 2.26 bits per heavy atom. The number of benzene rings is 1. The zero-order chi connectivity index (χ0) is 22.7. The predicted octanol–water partition coefficient (Wildman–Crippen LogP) is 3.83. The van der Waals surface area contributed by atoms with Gasteiger partial charge in [0.25, 0.3) is 0 Å². The quantitative estimate of drug-likeness (QED) is 0.432. The first-order valence-corrected chi connectivity index (χ1v) is 10.4. The number of nitrogens with zero attached hydrogens (tertiary/aromatic N) is 1. The highest BCUT2D eigenvalue weighted by molar-refractivity contribution is 7.18. The van der Waals surface area contributed by atoms with Gasteiger partial charge in [-0.1, -0.05) is 0 Å². The number of rotatable bonds is 6. The van der Waals surface area contributed by atoms with Crippen molar-refractivity contribution in [2.24, 2.45) is 0 Å². The molecule has 0 radical (unpaired) electrons. The molecule has 31 heavy (non-hydrogen) atoms. The molecule has 1 aromatic carbocycles. The Morgan fingerprint density at radius 1 is 1.00 bits per heavy atom. The normalized spacial score (nSPS) is 10.6. The summed E-state index contributed by atoms with van der Waals surface area (Å²) >= 11 is 1.92. The number of carbonyl (C=O) groups is 3. The molecular formula is C20H17FN2O6S2. The Kier molecular flexibility index (Phi) is 6.66. The van der Waals surface area contributed by atoms with Crippen LogP contribution in [-0.2, 0) is 20.8 Å². The van der Waals surface area contributed by atoms with E-state index in [1.807, 2.05) is 0 Å². The molecule has 2 aromatic heterocycles. The first kappa shape index (κ1) is 22.4. The number of hydrogen-bond donors (Lipinski definition) is 1. The monoisotopic (exact) mass is 464 g/mol. The van der Waals surface area contributed by atoms with E-state index in [1.54, 1.807) is 19.1 Å². The summed E-state index contributed by atoms with van der Waals surface area (Å²) in [4.78, 5) is 41.5. The van der Waals surface area contributed by atoms with Gasteiger partial charge in [-0.15, -0.1) is 22.7 Å². The molecule has 0 aliphatic carbocycles. The van der Waals surface area contributed by atoms with Crippen LogP contribution in [0, 0.1) is 12.7 Å². The van der Waals surface area contributed by atoms with E-state index in [0.29, 0.717) is 16.3 Å². The second-order valence-corrected chi connectivity index (χ2v) is 8.20. The number of nitrogens with two attached hydrogens (primary N) is 1. The zero-order valence-corrected chi connectivity index (χ0v) is 18.3. The Hall–Kier alpha value is -3.31. The molecule has 0 aliphatic heterocycles. The molecule has 0 unspecified atom stereocenters. The van der Waals surface area contributed by atoms with Crippen LogP contribution in [0.3, 0.4) is 0 Å². The number of halogens is 1. The number of ether oxygens (including phenoxy) is 3. The second kappa shape index (κ2) is 9.23. The average Bonchev–Trinajstić information content (AvgIpc) is 3.31. The molecule has 3 aromatic rings. The van der Waals surface area contributed by atoms with E-state index in [2.05, 4.69) is 4.98 Å². The highest BCUT2D eigenvalue weighted by Crippen LogP contribution is 2.34. The molecule has 0 spiro atoms. The Labute approximate surface area is 184 Å². The molecule has 0 saturated carbocycles. The van der Waals surface area contributed by atoms with E-state index in [1.165, 1.54) is 26.4 Å². The number of aromatic nitrogens is 1. The topological polar surface area (TPSA) is 118 Å². The summed E-state index contributed by atoms with van der Waals surface area (Å²) in [6.07, 6.45) is 0. The maximum atomic E-state index is 13.1. The van der Waals surface area contributed by atoms with Gasteiger partial charge in [0, 0.05) is 11.1 Å². The van der Waals surface area contributed by atoms with Gasteiger partial charge in [0.1, 0.15) is 37.8 Å². The minimum Gasteiger partial charge on any atom is -0.465 e. The number of anilines is 1. The van der Waals surface area contributed by atoms with Crippen molar-refractivity contribution in [2.75, 3.05) is 20.0 Å². The number of nitrogen functional groups attached to an aromatic ring is 1. The SMILES string of the molecule is COC(=O)c1sc(N)c(C(=O)OC)c1COC(=O)c1sc(-c2ccc(F)cc2)nc1C. The Bertz CT molecular complexity index is 1150. The number of aryl methyl sites for hydroxylation is 1. The van der Waals surface area contributed by atoms with Crippen molar-refractivity contribution in [3.05, 3.63) is 56.7 Å². The molecule has 0 fully saturated rings. The largest absolute Gasteiger partial charge is 0.465 e. The minimum atomic E-state index is -0.762. The van der Waals surface area contributed by atoms with Crippen LogP contribution in [0.4, 0.5) is 9.39 Å². The van der Waals surface area contributed by atoms with Crippen LogP contribution < -0.4 is 5.73 Å². The second-order valence-electron chi connectivity index (χ2n) is 6.15. The van der Waals surface area contributed by atoms with Crippen LogP contribution in [0.2, 0.25) is 0 Å². The highest BCUT2D eigenvalue weighted by Gasteiger charge is 2.28. The number of carbonyl (C=O) groups excluding carboxylic acids is 3. The lowest BCUT2D eigenvalue weighted by molar-refractivity contribution is 0.0456. The fourth-order valence-corrected chi connectivity index (χ4v) is 4.66. The van der Waals surface area contributed by atoms with Crippen molar-refractivity contribution >= 4 is 45.6 Å². The lowest BCUT2D eigenvalue weighted by Crippen LogP contribution is -2.12. The van der Waals surface area contributed by atoms with Gasteiger partial charge in [-0.3, -0.25) is 0 Å². The van der Waals surface area contributed by atoms with Crippen LogP contribution in [0.15, 0.2) is 24.3 Å². The van der Waals surface area contributed by atoms with Crippen molar-refractivity contribution < 1.29 is 33.0 Å². The van der Waals surface area contributed by atoms with E-state index in [9.17, 15) is 18.8 Å². The van der Waals surface area contributed by atoms with E-state index in [-0.39, 0.29) is 31.7 Å². The molecule has 0 atom stereocenters. The third-order valence-electron chi connectivity index (χ3n) is 4.22. The number of hydrogen-bond acceptors (Lipinski definition) is 10. The molecule has 3 rings (SSSR count). The molecule has 2 N–H and O–H groups in total. The number of esters is 3. The molecular weight excluding hydrogens is 447 g/mol. The van der Waals surface area contributed by atoms with Crippen LogP contribution in [-0.4, -0.2) is 37.1 Å². The smallest absolute Gasteiger partial charge is 0.350 e. The fourth-order valence-electron chi connectivity index (χ4n) is 2.71. The lowest BCUT2D eigenvalue weighted by Gasteiger charge is -2.07. The summed E-state index contributed by atoms with van der Waals surface area (Å²) in [5, 5.41) is 0.570. The maximum absolute atomic E-state index is 13.1. The predicted molar refractivity (Wildman–Crippen MR) is 113 cm³/mol. The summed E-state index contributed by atoms with van der Waals surface area (Å²) < 4.78 is 27.9. The van der Waals surface area contributed by atoms with Crippen molar-refractivity contribution in [2.45, 2.75) is 13.5 Å². The Morgan fingerprint density at radius 2 is 1.65 bits per heavy atom. The molecule has 11 heteroatoms. The van der Waals surface area contributed by atoms with Gasteiger partial charge in [-0.2, -0.15) is 0 Å². The van der Waals surface area contributed by atoms with Crippen molar-refractivity contribution in [3.63, 3.8) is 0 Å². The van der Waals surface area contributed by atoms with Gasteiger partial charge in [-0.05, 0) is 31.2 Å². The summed E-state index contributed by atoms with van der Waals surface area (Å²) in [7, 11) is 2.36. The number of thiophene rings is 1. The van der Waals surface area contributed by atoms with Gasteiger partial charge >= 0.3 is 17.9 Å². The van der Waals surface area contributed by atoms with Gasteiger partial charge in [0.15, 0.2) is 0 Å². The molecule has 8 nitrogen and oxygen atoms in total. The van der Waals surface area contributed by atoms with Gasteiger partial charge < -0.3 is 19.9 Å². The standard InChI is InChI=1S/C20H17FN2O6S2/c1-9-14(31-17(23-9)10-4-6-11(21)7-5-10)20(26)29-8-12-13(18(24)27-2)16(22)30-15(12)19(25)28-3/h4-7H,8,22H2,1-3H3.